The first-order valence-corrected chi connectivity index (χ1v) is 20.2. The van der Waals surface area contributed by atoms with E-state index in [0.717, 1.165) is 0 Å². The van der Waals surface area contributed by atoms with Crippen LogP contribution in [0, 0.1) is 0 Å². The van der Waals surface area contributed by atoms with E-state index < -0.39 is 15.4 Å². The third kappa shape index (κ3) is 4.81. The average molecular weight is 751 g/mol. The molecule has 1 heterocycles. The second-order valence-electron chi connectivity index (χ2n) is 13.1. The zero-order valence-electron chi connectivity index (χ0n) is 27.2. The first-order valence-electron chi connectivity index (χ1n) is 17.1. The molecule has 0 N–H and O–H groups in total. The van der Waals surface area contributed by atoms with Crippen LogP contribution in [0.5, 0.6) is 0 Å². The Morgan fingerprint density at radius 3 is 1.74 bits per heavy atom. The maximum atomic E-state index is 2.49. The molecule has 0 nitrogen and oxygen atoms in total. The van der Waals surface area contributed by atoms with Crippen molar-refractivity contribution < 1.29 is 0 Å². The van der Waals surface area contributed by atoms with Gasteiger partial charge in [0.05, 0.1) is 0 Å². The van der Waals surface area contributed by atoms with Crippen LogP contribution in [-0.2, 0) is 0 Å². The van der Waals surface area contributed by atoms with Gasteiger partial charge in [0, 0.05) is 0 Å². The quantitative estimate of drug-likeness (QED) is 0.124. The van der Waals surface area contributed by atoms with Crippen LogP contribution in [0.3, 0.4) is 0 Å². The summed E-state index contributed by atoms with van der Waals surface area (Å²) in [7, 11) is 0. The zero-order valence-corrected chi connectivity index (χ0v) is 31.4. The molecule has 0 spiro atoms. The molecule has 0 aromatic heterocycles. The van der Waals surface area contributed by atoms with Gasteiger partial charge in [0.1, 0.15) is 0 Å². The van der Waals surface area contributed by atoms with Gasteiger partial charge < -0.3 is 0 Å². The van der Waals surface area contributed by atoms with Gasteiger partial charge in [0.15, 0.2) is 0 Å². The van der Waals surface area contributed by atoms with Gasteiger partial charge in [-0.15, -0.1) is 0 Å². The van der Waals surface area contributed by atoms with Crippen molar-refractivity contribution in [3.05, 3.63) is 176 Å². The fraction of sp³-hybridized carbons (Fsp3) is 0. The Morgan fingerprint density at radius 2 is 0.920 bits per heavy atom. The van der Waals surface area contributed by atoms with Crippen LogP contribution in [0.1, 0.15) is 0 Å². The van der Waals surface area contributed by atoms with E-state index in [4.69, 9.17) is 0 Å². The molecule has 2 heteroatoms. The molecule has 0 amide bonds. The Morgan fingerprint density at radius 1 is 0.340 bits per heavy atom. The van der Waals surface area contributed by atoms with Crippen molar-refractivity contribution in [2.45, 2.75) is 0 Å². The zero-order chi connectivity index (χ0) is 33.2. The van der Waals surface area contributed by atoms with Crippen LogP contribution in [0.15, 0.2) is 176 Å². The molecule has 0 fully saturated rings. The first kappa shape index (κ1) is 29.7. The molecule has 0 unspecified atom stereocenters. The van der Waals surface area contributed by atoms with E-state index in [2.05, 4.69) is 192 Å². The molecule has 9 aromatic carbocycles. The van der Waals surface area contributed by atoms with Crippen LogP contribution in [0.4, 0.5) is 0 Å². The van der Waals surface area contributed by atoms with Crippen molar-refractivity contribution in [2.24, 2.45) is 0 Å². The Labute approximate surface area is 307 Å². The van der Waals surface area contributed by atoms with Crippen LogP contribution < -0.4 is 13.2 Å². The van der Waals surface area contributed by atoms with E-state index in [1.165, 1.54) is 96.7 Å². The van der Waals surface area contributed by atoms with Crippen molar-refractivity contribution in [3.63, 3.8) is 0 Å². The van der Waals surface area contributed by atoms with Crippen LogP contribution in [0.2, 0.25) is 0 Å². The molecular formula is C48H29Ge2. The van der Waals surface area contributed by atoms with Gasteiger partial charge in [0.2, 0.25) is 0 Å². The van der Waals surface area contributed by atoms with E-state index in [1.54, 1.807) is 4.40 Å². The molecule has 229 valence electrons. The average Bonchev–Trinajstić information content (AvgIpc) is 3.56. The van der Waals surface area contributed by atoms with Gasteiger partial charge in [-0.05, 0) is 0 Å². The van der Waals surface area contributed by atoms with Gasteiger partial charge in [-0.2, -0.15) is 0 Å². The summed E-state index contributed by atoms with van der Waals surface area (Å²) in [4.78, 5) is 0. The molecule has 5 radical (unpaired) electrons. The van der Waals surface area contributed by atoms with Gasteiger partial charge in [-0.25, -0.2) is 0 Å². The molecule has 50 heavy (non-hydrogen) atoms. The van der Waals surface area contributed by atoms with Crippen molar-refractivity contribution in [3.8, 4) is 55.6 Å². The topological polar surface area (TPSA) is 0 Å². The van der Waals surface area contributed by atoms with Gasteiger partial charge >= 0.3 is 309 Å². The first-order chi connectivity index (χ1) is 24.7. The molecule has 0 bridgehead atoms. The van der Waals surface area contributed by atoms with Crippen molar-refractivity contribution >= 4 is 77.5 Å². The summed E-state index contributed by atoms with van der Waals surface area (Å²) in [6.07, 6.45) is 0. The number of fused-ring (bicyclic) bond motifs is 6. The summed E-state index contributed by atoms with van der Waals surface area (Å²) in [6, 6.07) is 65.7. The van der Waals surface area contributed by atoms with Gasteiger partial charge in [0.25, 0.3) is 0 Å². The van der Waals surface area contributed by atoms with E-state index in [9.17, 15) is 0 Å². The predicted octanol–water partition coefficient (Wildman–Crippen LogP) is 10.2. The van der Waals surface area contributed by atoms with Crippen LogP contribution in [0.25, 0.3) is 88.0 Å². The molecule has 0 saturated carbocycles. The second kappa shape index (κ2) is 12.0. The van der Waals surface area contributed by atoms with E-state index >= 15 is 0 Å². The van der Waals surface area contributed by atoms with Gasteiger partial charge in [-0.3, -0.25) is 0 Å². The number of rotatable bonds is 4. The maximum absolute atomic E-state index is 2.49. The Bertz CT molecular complexity index is 2810. The second-order valence-corrected chi connectivity index (χ2v) is 17.0. The van der Waals surface area contributed by atoms with Gasteiger partial charge in [-0.1, -0.05) is 0 Å². The SMILES string of the molecule is [Ge][c]1ccccc1-c1cccc(-c2cccc3c(-c4ccc5ccccc5c4)c4cccc(-c5cccc6[c]5[Ge][c]5ccccc5-6)c4cc23)c1. The van der Waals surface area contributed by atoms with Crippen molar-refractivity contribution in [1.82, 2.24) is 0 Å². The fourth-order valence-electron chi connectivity index (χ4n) is 8.00. The standard InChI is InChI=1S/C48H29Ge2/c49-45-23-5-3-15-36(45)33-14-7-13-32(28-33)35-17-8-19-39-43(35)29-44-37(41-21-10-22-42-38-16-4-6-24-46(38)50-48(41)42)18-9-20-40(44)47(39)34-26-25-30-11-1-2-12-31(30)27-34/h1-29H. The Hall–Kier alpha value is -5.15. The molecule has 1 aliphatic rings. The number of hydrogen-bond acceptors (Lipinski definition) is 0. The summed E-state index contributed by atoms with van der Waals surface area (Å²) in [5.74, 6) is 0. The third-order valence-corrected chi connectivity index (χ3v) is 14.4. The van der Waals surface area contributed by atoms with Crippen molar-refractivity contribution in [2.75, 3.05) is 0 Å². The third-order valence-electron chi connectivity index (χ3n) is 10.3. The van der Waals surface area contributed by atoms with E-state index in [0.29, 0.717) is 0 Å². The van der Waals surface area contributed by atoms with Crippen LogP contribution in [-0.4, -0.2) is 31.9 Å². The Balaban J connectivity index is 1.28. The predicted molar refractivity (Wildman–Crippen MR) is 217 cm³/mol. The number of hydrogen-bond donors (Lipinski definition) is 0. The molecule has 9 aromatic rings. The normalized spacial score (nSPS) is 12.0. The number of benzene rings is 9. The van der Waals surface area contributed by atoms with E-state index in [1.807, 2.05) is 0 Å². The molecule has 10 rings (SSSR count). The fourth-order valence-corrected chi connectivity index (χ4v) is 11.8. The summed E-state index contributed by atoms with van der Waals surface area (Å²) >= 11 is 1.75. The summed E-state index contributed by atoms with van der Waals surface area (Å²) < 4.78 is 4.37. The minimum absolute atomic E-state index is 0.451. The minimum atomic E-state index is -0.451. The summed E-state index contributed by atoms with van der Waals surface area (Å²) in [6.45, 7) is 0. The molecule has 0 saturated heterocycles. The van der Waals surface area contributed by atoms with Crippen molar-refractivity contribution in [1.29, 1.82) is 0 Å². The molecule has 1 aliphatic heterocycles. The van der Waals surface area contributed by atoms with E-state index in [-0.39, 0.29) is 0 Å². The summed E-state index contributed by atoms with van der Waals surface area (Å²) in [5.41, 5.74) is 13.1. The van der Waals surface area contributed by atoms with Crippen LogP contribution >= 0.6 is 0 Å². The Kier molecular flexibility index (Phi) is 7.15. The molecule has 0 aliphatic carbocycles. The molecular weight excluding hydrogens is 722 g/mol. The summed E-state index contributed by atoms with van der Waals surface area (Å²) in [5, 5.41) is 7.69. The molecule has 0 atom stereocenters. The monoisotopic (exact) mass is 753 g/mol.